The molecule has 0 radical (unpaired) electrons. The molecule has 0 aromatic heterocycles. The molecule has 0 spiro atoms. The molecule has 0 atom stereocenters. The normalized spacial score (nSPS) is 10.6. The Morgan fingerprint density at radius 3 is 2.38 bits per heavy atom. The van der Waals surface area contributed by atoms with E-state index in [4.69, 9.17) is 25.8 Å². The van der Waals surface area contributed by atoms with Crippen molar-refractivity contribution < 1.29 is 32.6 Å². The maximum atomic E-state index is 11.6. The number of halogens is 3. The molecular weight excluding hydrogens is 355 g/mol. The smallest absolute Gasteiger partial charge is 0.475 e. The number of aliphatic carboxylic acids is 1. The number of carbonyl (C=O) groups is 2. The number of alkyl halides is 3. The van der Waals surface area contributed by atoms with Crippen LogP contribution in [-0.4, -0.2) is 42.7 Å². The molecule has 0 aliphatic rings. The van der Waals surface area contributed by atoms with E-state index in [0.29, 0.717) is 11.3 Å². The van der Waals surface area contributed by atoms with Crippen molar-refractivity contribution in [1.29, 1.82) is 5.41 Å². The van der Waals surface area contributed by atoms with E-state index in [1.165, 1.54) is 7.11 Å². The van der Waals surface area contributed by atoms with Gasteiger partial charge in [0.2, 0.25) is 5.91 Å². The molecule has 0 bridgehead atoms. The summed E-state index contributed by atoms with van der Waals surface area (Å²) in [7, 11) is 1.47. The van der Waals surface area contributed by atoms with E-state index in [-0.39, 0.29) is 18.3 Å². The van der Waals surface area contributed by atoms with Gasteiger partial charge in [0, 0.05) is 23.7 Å². The molecule has 0 fully saturated rings. The Morgan fingerprint density at radius 1 is 1.27 bits per heavy atom. The number of hydrogen-bond donors (Lipinski definition) is 4. The number of carboxylic acids is 1. The zero-order valence-corrected chi connectivity index (χ0v) is 13.6. The van der Waals surface area contributed by atoms with Crippen molar-refractivity contribution >= 4 is 34.2 Å². The third-order valence-electron chi connectivity index (χ3n) is 2.99. The number of rotatable bonds is 4. The number of amides is 1. The standard InChI is InChI=1S/C14H15N3O2.C2HF3O2/c1-19-8-13(18)17-12-4-2-3-9-5-6-10(14(15)16)7-11(9)12;3-2(4,5)1(6)7/h2-7H,8H2,1H3,(H3,15,16)(H,17,18);(H,6,7). The quantitative estimate of drug-likeness (QED) is 0.485. The van der Waals surface area contributed by atoms with Crippen molar-refractivity contribution in [2.45, 2.75) is 6.18 Å². The van der Waals surface area contributed by atoms with Crippen LogP contribution in [-0.2, 0) is 14.3 Å². The SMILES string of the molecule is COCC(=O)Nc1cccc2ccc(C(=N)N)cc12.O=C(O)C(F)(F)F. The summed E-state index contributed by atoms with van der Waals surface area (Å²) in [6.45, 7) is 0.00276. The van der Waals surface area contributed by atoms with Gasteiger partial charge in [0.15, 0.2) is 0 Å². The van der Waals surface area contributed by atoms with Crippen molar-refractivity contribution in [1.82, 2.24) is 0 Å². The Labute approximate surface area is 146 Å². The van der Waals surface area contributed by atoms with Crippen LogP contribution in [0.2, 0.25) is 0 Å². The predicted octanol–water partition coefficient (Wildman–Crippen LogP) is 2.34. The van der Waals surface area contributed by atoms with Crippen molar-refractivity contribution in [2.75, 3.05) is 19.0 Å². The van der Waals surface area contributed by atoms with Gasteiger partial charge in [-0.3, -0.25) is 10.2 Å². The summed E-state index contributed by atoms with van der Waals surface area (Å²) in [5, 5.41) is 19.2. The number of methoxy groups -OCH3 is 1. The Morgan fingerprint density at radius 2 is 1.88 bits per heavy atom. The number of nitrogen functional groups attached to an aromatic ring is 1. The van der Waals surface area contributed by atoms with Gasteiger partial charge in [-0.15, -0.1) is 0 Å². The number of amidine groups is 1. The van der Waals surface area contributed by atoms with E-state index in [1.54, 1.807) is 18.2 Å². The number of ether oxygens (including phenoxy) is 1. The van der Waals surface area contributed by atoms with E-state index >= 15 is 0 Å². The van der Waals surface area contributed by atoms with Gasteiger partial charge in [-0.2, -0.15) is 13.2 Å². The molecule has 0 heterocycles. The molecule has 1 amide bonds. The Bertz CT molecular complexity index is 822. The highest BCUT2D eigenvalue weighted by molar-refractivity contribution is 6.06. The molecule has 26 heavy (non-hydrogen) atoms. The Kier molecular flexibility index (Phi) is 7.08. The molecule has 2 aromatic carbocycles. The van der Waals surface area contributed by atoms with Gasteiger partial charge in [-0.25, -0.2) is 4.79 Å². The van der Waals surface area contributed by atoms with Crippen molar-refractivity contribution in [3.05, 3.63) is 42.0 Å². The fourth-order valence-corrected chi connectivity index (χ4v) is 1.87. The zero-order valence-electron chi connectivity index (χ0n) is 13.6. The molecule has 140 valence electrons. The van der Waals surface area contributed by atoms with Gasteiger partial charge < -0.3 is 20.9 Å². The second-order valence-electron chi connectivity index (χ2n) is 4.94. The molecule has 7 nitrogen and oxygen atoms in total. The lowest BCUT2D eigenvalue weighted by molar-refractivity contribution is -0.192. The molecule has 0 saturated heterocycles. The van der Waals surface area contributed by atoms with Gasteiger partial charge in [0.25, 0.3) is 0 Å². The maximum Gasteiger partial charge on any atom is 0.490 e. The Balaban J connectivity index is 0.000000412. The molecule has 10 heteroatoms. The summed E-state index contributed by atoms with van der Waals surface area (Å²) in [6, 6.07) is 11.0. The number of hydrogen-bond acceptors (Lipinski definition) is 4. The molecule has 2 rings (SSSR count). The average Bonchev–Trinajstić information content (AvgIpc) is 2.54. The van der Waals surface area contributed by atoms with E-state index in [2.05, 4.69) is 5.32 Å². The van der Waals surface area contributed by atoms with Crippen LogP contribution in [0, 0.1) is 5.41 Å². The molecule has 0 unspecified atom stereocenters. The van der Waals surface area contributed by atoms with E-state index in [9.17, 15) is 18.0 Å². The summed E-state index contributed by atoms with van der Waals surface area (Å²) < 4.78 is 36.5. The third-order valence-corrected chi connectivity index (χ3v) is 2.99. The highest BCUT2D eigenvalue weighted by Crippen LogP contribution is 2.24. The third kappa shape index (κ3) is 6.06. The first-order valence-electron chi connectivity index (χ1n) is 7.02. The summed E-state index contributed by atoms with van der Waals surface area (Å²) in [5.74, 6) is -2.98. The fraction of sp³-hybridized carbons (Fsp3) is 0.188. The van der Waals surface area contributed by atoms with Crippen molar-refractivity contribution in [2.24, 2.45) is 5.73 Å². The number of carboxylic acid groups (broad SMARTS) is 1. The highest BCUT2D eigenvalue weighted by Gasteiger charge is 2.38. The van der Waals surface area contributed by atoms with Gasteiger partial charge >= 0.3 is 12.1 Å². The second-order valence-corrected chi connectivity index (χ2v) is 4.94. The van der Waals surface area contributed by atoms with Crippen LogP contribution < -0.4 is 11.1 Å². The van der Waals surface area contributed by atoms with Gasteiger partial charge in [-0.05, 0) is 17.5 Å². The lowest BCUT2D eigenvalue weighted by Crippen LogP contribution is -2.21. The van der Waals surface area contributed by atoms with Crippen LogP contribution in [0.5, 0.6) is 0 Å². The largest absolute Gasteiger partial charge is 0.490 e. The lowest BCUT2D eigenvalue weighted by Gasteiger charge is -2.09. The molecular formula is C16H16F3N3O4. The minimum atomic E-state index is -5.08. The Hall–Kier alpha value is -3.14. The predicted molar refractivity (Wildman–Crippen MR) is 89.2 cm³/mol. The summed E-state index contributed by atoms with van der Waals surface area (Å²) >= 11 is 0. The maximum absolute atomic E-state index is 11.6. The molecule has 0 aliphatic heterocycles. The number of nitrogens with one attached hydrogen (secondary N) is 2. The van der Waals surface area contributed by atoms with Crippen LogP contribution in [0.1, 0.15) is 5.56 Å². The van der Waals surface area contributed by atoms with Crippen LogP contribution in [0.4, 0.5) is 18.9 Å². The van der Waals surface area contributed by atoms with Crippen molar-refractivity contribution in [3.63, 3.8) is 0 Å². The lowest BCUT2D eigenvalue weighted by atomic mass is 10.0. The van der Waals surface area contributed by atoms with Crippen LogP contribution in [0.3, 0.4) is 0 Å². The topological polar surface area (TPSA) is 126 Å². The van der Waals surface area contributed by atoms with Gasteiger partial charge in [0.1, 0.15) is 12.4 Å². The summed E-state index contributed by atoms with van der Waals surface area (Å²) in [4.78, 5) is 20.5. The first kappa shape index (κ1) is 20.9. The van der Waals surface area contributed by atoms with E-state index in [0.717, 1.165) is 10.8 Å². The van der Waals surface area contributed by atoms with Gasteiger partial charge in [0.05, 0.1) is 0 Å². The number of nitrogens with two attached hydrogens (primary N) is 1. The number of fused-ring (bicyclic) bond motifs is 1. The monoisotopic (exact) mass is 371 g/mol. The number of benzene rings is 2. The van der Waals surface area contributed by atoms with Crippen LogP contribution in [0.25, 0.3) is 10.8 Å². The number of anilines is 1. The van der Waals surface area contributed by atoms with Crippen LogP contribution >= 0.6 is 0 Å². The number of carbonyl (C=O) groups excluding carboxylic acids is 1. The molecule has 2 aromatic rings. The minimum absolute atomic E-state index is 0.0000730. The molecule has 0 aliphatic carbocycles. The molecule has 0 saturated carbocycles. The zero-order chi connectivity index (χ0) is 19.9. The summed E-state index contributed by atoms with van der Waals surface area (Å²) in [6.07, 6.45) is -5.08. The molecule has 5 N–H and O–H groups in total. The van der Waals surface area contributed by atoms with Crippen LogP contribution in [0.15, 0.2) is 36.4 Å². The highest BCUT2D eigenvalue weighted by atomic mass is 19.4. The van der Waals surface area contributed by atoms with Gasteiger partial charge in [-0.1, -0.05) is 24.3 Å². The average molecular weight is 371 g/mol. The van der Waals surface area contributed by atoms with E-state index in [1.807, 2.05) is 18.2 Å². The fourth-order valence-electron chi connectivity index (χ4n) is 1.87. The minimum Gasteiger partial charge on any atom is -0.475 e. The first-order valence-corrected chi connectivity index (χ1v) is 7.02. The second kappa shape index (κ2) is 8.81. The summed E-state index contributed by atoms with van der Waals surface area (Å²) in [5.41, 5.74) is 6.79. The first-order chi connectivity index (χ1) is 12.1. The van der Waals surface area contributed by atoms with E-state index < -0.39 is 12.1 Å². The van der Waals surface area contributed by atoms with Crippen molar-refractivity contribution in [3.8, 4) is 0 Å².